The zero-order valence-corrected chi connectivity index (χ0v) is 14.4. The minimum atomic E-state index is 0.708. The lowest BCUT2D eigenvalue weighted by Crippen LogP contribution is -2.00. The summed E-state index contributed by atoms with van der Waals surface area (Å²) in [6.45, 7) is 6.78. The Kier molecular flexibility index (Phi) is 6.71. The summed E-state index contributed by atoms with van der Waals surface area (Å²) >= 11 is 0. The van der Waals surface area contributed by atoms with Gasteiger partial charge in [0, 0.05) is 0 Å². The maximum Gasteiger partial charge on any atom is -0.0192 e. The molecule has 0 bridgehead atoms. The van der Waals surface area contributed by atoms with E-state index in [2.05, 4.69) is 69.3 Å². The lowest BCUT2D eigenvalue weighted by atomic mass is 9.88. The molecular formula is C22H30. The Hall–Kier alpha value is -1.56. The molecular weight excluding hydrogens is 264 g/mol. The molecule has 0 fully saturated rings. The second-order valence-electron chi connectivity index (χ2n) is 6.29. The van der Waals surface area contributed by atoms with Crippen LogP contribution in [-0.4, -0.2) is 0 Å². The Labute approximate surface area is 136 Å². The minimum Gasteiger partial charge on any atom is -0.0811 e. The summed E-state index contributed by atoms with van der Waals surface area (Å²) < 4.78 is 0. The Bertz CT molecular complexity index is 540. The smallest absolute Gasteiger partial charge is 0.0192 e. The lowest BCUT2D eigenvalue weighted by Gasteiger charge is -2.17. The van der Waals surface area contributed by atoms with Gasteiger partial charge < -0.3 is 0 Å². The first-order valence-electron chi connectivity index (χ1n) is 8.95. The van der Waals surface area contributed by atoms with Crippen LogP contribution in [0.25, 0.3) is 11.1 Å². The molecule has 2 rings (SSSR count). The maximum absolute atomic E-state index is 2.42. The van der Waals surface area contributed by atoms with Crippen molar-refractivity contribution < 1.29 is 0 Å². The Morgan fingerprint density at radius 2 is 1.86 bits per heavy atom. The number of benzene rings is 1. The SMILES string of the molecule is CCC/C=C(\CCC)c1ccc(C2=CC=CC(CC)C2)cc1. The highest BCUT2D eigenvalue weighted by Crippen LogP contribution is 2.30. The molecule has 0 amide bonds. The van der Waals surface area contributed by atoms with Gasteiger partial charge in [-0.1, -0.05) is 82.2 Å². The van der Waals surface area contributed by atoms with Crippen molar-refractivity contribution in [2.75, 3.05) is 0 Å². The number of rotatable bonds is 7. The summed E-state index contributed by atoms with van der Waals surface area (Å²) in [5.74, 6) is 0.708. The van der Waals surface area contributed by atoms with Crippen LogP contribution < -0.4 is 0 Å². The molecule has 0 nitrogen and oxygen atoms in total. The molecule has 0 aliphatic heterocycles. The maximum atomic E-state index is 2.42. The van der Waals surface area contributed by atoms with Gasteiger partial charge in [0.1, 0.15) is 0 Å². The molecule has 1 atom stereocenters. The van der Waals surface area contributed by atoms with Crippen molar-refractivity contribution in [1.82, 2.24) is 0 Å². The second kappa shape index (κ2) is 8.78. The van der Waals surface area contributed by atoms with Crippen LogP contribution in [0.1, 0.15) is 70.4 Å². The van der Waals surface area contributed by atoms with Gasteiger partial charge in [0.25, 0.3) is 0 Å². The largest absolute Gasteiger partial charge is 0.0811 e. The molecule has 0 N–H and O–H groups in total. The zero-order valence-electron chi connectivity index (χ0n) is 14.4. The van der Waals surface area contributed by atoms with E-state index in [1.54, 1.807) is 0 Å². The fourth-order valence-corrected chi connectivity index (χ4v) is 3.09. The molecule has 0 heteroatoms. The fourth-order valence-electron chi connectivity index (χ4n) is 3.09. The van der Waals surface area contributed by atoms with Gasteiger partial charge in [0.05, 0.1) is 0 Å². The van der Waals surface area contributed by atoms with Crippen molar-refractivity contribution >= 4 is 11.1 Å². The summed E-state index contributed by atoms with van der Waals surface area (Å²) in [4.78, 5) is 0. The summed E-state index contributed by atoms with van der Waals surface area (Å²) in [7, 11) is 0. The topological polar surface area (TPSA) is 0 Å². The van der Waals surface area contributed by atoms with E-state index in [-0.39, 0.29) is 0 Å². The second-order valence-corrected chi connectivity index (χ2v) is 6.29. The Morgan fingerprint density at radius 1 is 1.09 bits per heavy atom. The van der Waals surface area contributed by atoms with Crippen LogP contribution in [-0.2, 0) is 0 Å². The molecule has 1 aromatic rings. The number of unbranched alkanes of at least 4 members (excludes halogenated alkanes) is 1. The molecule has 0 radical (unpaired) electrons. The molecule has 22 heavy (non-hydrogen) atoms. The van der Waals surface area contributed by atoms with E-state index in [1.807, 2.05) is 0 Å². The standard InChI is InChI=1S/C22H30/c1-4-7-11-19(9-5-2)20-13-15-21(16-14-20)22-12-8-10-18(6-3)17-22/h8,10-16,18H,4-7,9,17H2,1-3H3/b19-11+. The quantitative estimate of drug-likeness (QED) is 0.506. The van der Waals surface area contributed by atoms with Crippen LogP contribution in [0.3, 0.4) is 0 Å². The number of allylic oxidation sites excluding steroid dienone is 6. The summed E-state index contributed by atoms with van der Waals surface area (Å²) in [6.07, 6.45) is 16.5. The fraction of sp³-hybridized carbons (Fsp3) is 0.455. The molecule has 0 spiro atoms. The van der Waals surface area contributed by atoms with Crippen LogP contribution in [0.4, 0.5) is 0 Å². The summed E-state index contributed by atoms with van der Waals surface area (Å²) in [6, 6.07) is 9.24. The summed E-state index contributed by atoms with van der Waals surface area (Å²) in [5, 5.41) is 0. The van der Waals surface area contributed by atoms with Crippen molar-refractivity contribution in [3.05, 3.63) is 59.7 Å². The van der Waals surface area contributed by atoms with Gasteiger partial charge >= 0.3 is 0 Å². The third-order valence-electron chi connectivity index (χ3n) is 4.51. The molecule has 0 aromatic heterocycles. The van der Waals surface area contributed by atoms with Gasteiger partial charge in [-0.05, 0) is 53.9 Å². The van der Waals surface area contributed by atoms with Gasteiger partial charge in [0.2, 0.25) is 0 Å². The molecule has 1 unspecified atom stereocenters. The van der Waals surface area contributed by atoms with E-state index in [9.17, 15) is 0 Å². The van der Waals surface area contributed by atoms with E-state index in [1.165, 1.54) is 60.8 Å². The predicted octanol–water partition coefficient (Wildman–Crippen LogP) is 7.04. The highest BCUT2D eigenvalue weighted by molar-refractivity contribution is 5.72. The van der Waals surface area contributed by atoms with Gasteiger partial charge in [-0.15, -0.1) is 0 Å². The van der Waals surface area contributed by atoms with E-state index in [4.69, 9.17) is 0 Å². The number of hydrogen-bond acceptors (Lipinski definition) is 0. The Morgan fingerprint density at radius 3 is 2.50 bits per heavy atom. The van der Waals surface area contributed by atoms with Crippen molar-refractivity contribution in [3.63, 3.8) is 0 Å². The zero-order chi connectivity index (χ0) is 15.8. The van der Waals surface area contributed by atoms with Crippen molar-refractivity contribution in [2.45, 2.75) is 59.3 Å². The van der Waals surface area contributed by atoms with E-state index in [0.717, 1.165) is 0 Å². The van der Waals surface area contributed by atoms with E-state index in [0.29, 0.717) is 5.92 Å². The highest BCUT2D eigenvalue weighted by Gasteiger charge is 2.11. The van der Waals surface area contributed by atoms with Crippen LogP contribution in [0, 0.1) is 5.92 Å². The van der Waals surface area contributed by atoms with Crippen molar-refractivity contribution in [1.29, 1.82) is 0 Å². The predicted molar refractivity (Wildman–Crippen MR) is 99.8 cm³/mol. The molecule has 0 heterocycles. The van der Waals surface area contributed by atoms with Gasteiger partial charge in [0.15, 0.2) is 0 Å². The molecule has 1 aliphatic carbocycles. The van der Waals surface area contributed by atoms with Gasteiger partial charge in [-0.3, -0.25) is 0 Å². The first-order chi connectivity index (χ1) is 10.8. The third kappa shape index (κ3) is 4.47. The molecule has 1 aromatic carbocycles. The van der Waals surface area contributed by atoms with Crippen LogP contribution in [0.2, 0.25) is 0 Å². The average molecular weight is 294 g/mol. The van der Waals surface area contributed by atoms with Crippen LogP contribution >= 0.6 is 0 Å². The molecule has 1 aliphatic rings. The third-order valence-corrected chi connectivity index (χ3v) is 4.51. The molecule has 0 saturated carbocycles. The molecule has 0 saturated heterocycles. The van der Waals surface area contributed by atoms with Gasteiger partial charge in [-0.25, -0.2) is 0 Å². The first-order valence-corrected chi connectivity index (χ1v) is 8.95. The van der Waals surface area contributed by atoms with E-state index >= 15 is 0 Å². The van der Waals surface area contributed by atoms with Gasteiger partial charge in [-0.2, -0.15) is 0 Å². The summed E-state index contributed by atoms with van der Waals surface area (Å²) in [5.41, 5.74) is 5.78. The lowest BCUT2D eigenvalue weighted by molar-refractivity contribution is 0.642. The Balaban J connectivity index is 2.15. The van der Waals surface area contributed by atoms with Crippen LogP contribution in [0.15, 0.2) is 48.6 Å². The van der Waals surface area contributed by atoms with Crippen molar-refractivity contribution in [3.8, 4) is 0 Å². The average Bonchev–Trinajstić information content (AvgIpc) is 2.59. The van der Waals surface area contributed by atoms with Crippen LogP contribution in [0.5, 0.6) is 0 Å². The normalized spacial score (nSPS) is 18.4. The van der Waals surface area contributed by atoms with E-state index < -0.39 is 0 Å². The highest BCUT2D eigenvalue weighted by atomic mass is 14.2. The monoisotopic (exact) mass is 294 g/mol. The molecule has 118 valence electrons. The van der Waals surface area contributed by atoms with Crippen molar-refractivity contribution in [2.24, 2.45) is 5.92 Å². The number of hydrogen-bond donors (Lipinski definition) is 0. The first kappa shape index (κ1) is 16.8. The minimum absolute atomic E-state index is 0.708.